The number of hydrogen-bond acceptors (Lipinski definition) is 3. The summed E-state index contributed by atoms with van der Waals surface area (Å²) in [6.45, 7) is 7.40. The predicted octanol–water partition coefficient (Wildman–Crippen LogP) is 3.63. The summed E-state index contributed by atoms with van der Waals surface area (Å²) in [6.07, 6.45) is 7.11. The van der Waals surface area contributed by atoms with Gasteiger partial charge in [0.05, 0.1) is 10.9 Å². The molecule has 0 aliphatic carbocycles. The summed E-state index contributed by atoms with van der Waals surface area (Å²) >= 11 is 0. The van der Waals surface area contributed by atoms with Crippen LogP contribution in [0.15, 0.2) is 83.8 Å². The molecule has 2 atom stereocenters. The molecule has 0 saturated heterocycles. The van der Waals surface area contributed by atoms with E-state index in [1.807, 2.05) is 26.0 Å². The van der Waals surface area contributed by atoms with Gasteiger partial charge in [0.2, 0.25) is 10.0 Å². The van der Waals surface area contributed by atoms with E-state index in [4.69, 9.17) is 5.73 Å². The first-order valence-electron chi connectivity index (χ1n) is 8.53. The summed E-state index contributed by atoms with van der Waals surface area (Å²) in [6, 6.07) is 16.3. The van der Waals surface area contributed by atoms with Crippen LogP contribution in [-0.4, -0.2) is 14.5 Å². The Bertz CT molecular complexity index is 915. The Morgan fingerprint density at radius 2 is 1.89 bits per heavy atom. The first kappa shape index (κ1) is 20.7. The fourth-order valence-electron chi connectivity index (χ4n) is 2.51. The normalized spacial score (nSPS) is 14.6. The maximum Gasteiger partial charge on any atom is 0.241 e. The quantitative estimate of drug-likeness (QED) is 0.687. The molecule has 140 valence electrons. The van der Waals surface area contributed by atoms with Gasteiger partial charge in [0.1, 0.15) is 0 Å². The highest BCUT2D eigenvalue weighted by atomic mass is 32.2. The van der Waals surface area contributed by atoms with Crippen LogP contribution < -0.4 is 10.5 Å². The van der Waals surface area contributed by atoms with Crippen LogP contribution in [0.5, 0.6) is 0 Å². The predicted molar refractivity (Wildman–Crippen MR) is 109 cm³/mol. The number of rotatable bonds is 8. The standard InChI is InChI=1S/C22H24N2O2S/c1-4-5-7-10-18(3)21(23)22(19-11-8-6-9-12-19)24-27(25,26)20-15-13-17(2)14-16-20/h4-5,7-8,10-16,21-22,24H,1,23H2,2-3H3/b7-5-,18-10+/t21-,22-/m0/s1. The molecule has 2 aromatic rings. The summed E-state index contributed by atoms with van der Waals surface area (Å²) in [7, 11) is -3.74. The van der Waals surface area contributed by atoms with Crippen molar-refractivity contribution in [3.05, 3.63) is 102 Å². The molecule has 0 unspecified atom stereocenters. The van der Waals surface area contributed by atoms with Crippen LogP contribution in [0.3, 0.4) is 0 Å². The highest BCUT2D eigenvalue weighted by molar-refractivity contribution is 7.89. The molecular formula is C22H24N2O2S. The second kappa shape index (κ2) is 9.33. The summed E-state index contributed by atoms with van der Waals surface area (Å²) in [5.41, 5.74) is 8.95. The molecule has 0 radical (unpaired) electrons. The lowest BCUT2D eigenvalue weighted by molar-refractivity contribution is 0.523. The van der Waals surface area contributed by atoms with Crippen LogP contribution >= 0.6 is 0 Å². The minimum absolute atomic E-state index is 0.199. The fraction of sp³-hybridized carbons (Fsp3) is 0.182. The minimum atomic E-state index is -3.74. The smallest absolute Gasteiger partial charge is 0.241 e. The van der Waals surface area contributed by atoms with Crippen molar-refractivity contribution >= 4 is 10.0 Å². The van der Waals surface area contributed by atoms with Crippen LogP contribution in [0.2, 0.25) is 0 Å². The Morgan fingerprint density at radius 1 is 1.19 bits per heavy atom. The first-order chi connectivity index (χ1) is 12.8. The van der Waals surface area contributed by atoms with Gasteiger partial charge in [-0.05, 0) is 49.7 Å². The number of nitrogens with two attached hydrogens (primary N) is 1. The topological polar surface area (TPSA) is 72.2 Å². The van der Waals surface area contributed by atoms with Crippen molar-refractivity contribution in [2.45, 2.75) is 30.8 Å². The molecule has 0 aromatic heterocycles. The first-order valence-corrected chi connectivity index (χ1v) is 10.0. The summed E-state index contributed by atoms with van der Waals surface area (Å²) < 4.78 is 28.5. The van der Waals surface area contributed by atoms with Crippen LogP contribution in [-0.2, 0) is 10.0 Å². The van der Waals surface area contributed by atoms with Gasteiger partial charge in [-0.1, -0.05) is 66.3 Å². The third-order valence-electron chi connectivity index (χ3n) is 4.15. The van der Waals surface area contributed by atoms with Gasteiger partial charge < -0.3 is 5.73 Å². The Balaban J connectivity index is 2.38. The van der Waals surface area contributed by atoms with Crippen molar-refractivity contribution in [2.75, 3.05) is 0 Å². The van der Waals surface area contributed by atoms with Crippen LogP contribution in [0.4, 0.5) is 0 Å². The molecular weight excluding hydrogens is 356 g/mol. The molecule has 0 fully saturated rings. The SMILES string of the molecule is C=C/C=C\C=C(/C)[C@H](N)[C@@H](NS(=O)(=O)c1ccc(C)cc1)c1cc#ccc1. The molecule has 0 amide bonds. The van der Waals surface area contributed by atoms with E-state index in [2.05, 4.69) is 23.4 Å². The van der Waals surface area contributed by atoms with E-state index in [9.17, 15) is 8.42 Å². The second-order valence-corrected chi connectivity index (χ2v) is 7.95. The average Bonchev–Trinajstić information content (AvgIpc) is 2.67. The highest BCUT2D eigenvalue weighted by Crippen LogP contribution is 2.23. The monoisotopic (exact) mass is 380 g/mol. The molecule has 0 bridgehead atoms. The van der Waals surface area contributed by atoms with Crippen molar-refractivity contribution in [3.63, 3.8) is 0 Å². The lowest BCUT2D eigenvalue weighted by atomic mass is 9.96. The number of nitrogens with one attached hydrogen (secondary N) is 1. The molecule has 5 heteroatoms. The number of aryl methyl sites for hydroxylation is 1. The molecule has 4 nitrogen and oxygen atoms in total. The van der Waals surface area contributed by atoms with E-state index in [1.165, 1.54) is 0 Å². The molecule has 27 heavy (non-hydrogen) atoms. The van der Waals surface area contributed by atoms with E-state index in [1.54, 1.807) is 54.6 Å². The molecule has 2 aromatic carbocycles. The zero-order chi connectivity index (χ0) is 19.9. The van der Waals surface area contributed by atoms with Crippen LogP contribution in [0.1, 0.15) is 24.1 Å². The Labute approximate surface area is 162 Å². The van der Waals surface area contributed by atoms with Gasteiger partial charge in [-0.15, -0.1) is 0 Å². The van der Waals surface area contributed by atoms with Gasteiger partial charge in [0, 0.05) is 6.04 Å². The molecule has 2 rings (SSSR count). The van der Waals surface area contributed by atoms with Crippen molar-refractivity contribution in [3.8, 4) is 0 Å². The van der Waals surface area contributed by atoms with Crippen LogP contribution in [0.25, 0.3) is 0 Å². The van der Waals surface area contributed by atoms with E-state index in [0.717, 1.165) is 16.7 Å². The third kappa shape index (κ3) is 5.66. The van der Waals surface area contributed by atoms with Crippen molar-refractivity contribution in [1.29, 1.82) is 0 Å². The van der Waals surface area contributed by atoms with Gasteiger partial charge in [-0.2, -0.15) is 0 Å². The molecule has 0 spiro atoms. The zero-order valence-electron chi connectivity index (χ0n) is 15.5. The Morgan fingerprint density at radius 3 is 2.48 bits per heavy atom. The molecule has 0 aliphatic heterocycles. The van der Waals surface area contributed by atoms with Crippen molar-refractivity contribution in [2.24, 2.45) is 5.73 Å². The highest BCUT2D eigenvalue weighted by Gasteiger charge is 2.27. The van der Waals surface area contributed by atoms with Gasteiger partial charge >= 0.3 is 0 Å². The van der Waals surface area contributed by atoms with E-state index < -0.39 is 22.1 Å². The minimum Gasteiger partial charge on any atom is -0.323 e. The Kier molecular flexibility index (Phi) is 7.14. The lowest BCUT2D eigenvalue weighted by Gasteiger charge is -2.26. The average molecular weight is 381 g/mol. The lowest BCUT2D eigenvalue weighted by Crippen LogP contribution is -2.41. The number of allylic oxidation sites excluding steroid dienone is 4. The maximum atomic E-state index is 12.9. The van der Waals surface area contributed by atoms with Crippen molar-refractivity contribution in [1.82, 2.24) is 4.72 Å². The van der Waals surface area contributed by atoms with Gasteiger partial charge in [0.25, 0.3) is 0 Å². The van der Waals surface area contributed by atoms with Gasteiger partial charge in [-0.25, -0.2) is 13.1 Å². The number of sulfonamides is 1. The molecule has 0 aliphatic rings. The number of hydrogen-bond donors (Lipinski definition) is 2. The van der Waals surface area contributed by atoms with E-state index in [-0.39, 0.29) is 4.90 Å². The van der Waals surface area contributed by atoms with E-state index >= 15 is 0 Å². The molecule has 3 N–H and O–H groups in total. The van der Waals surface area contributed by atoms with E-state index in [0.29, 0.717) is 0 Å². The largest absolute Gasteiger partial charge is 0.323 e. The van der Waals surface area contributed by atoms with Gasteiger partial charge in [0.15, 0.2) is 0 Å². The summed E-state index contributed by atoms with van der Waals surface area (Å²) in [4.78, 5) is 0.199. The molecule has 0 saturated carbocycles. The number of benzene rings is 1. The fourth-order valence-corrected chi connectivity index (χ4v) is 3.76. The summed E-state index contributed by atoms with van der Waals surface area (Å²) in [5, 5.41) is 0. The Hall–Kier alpha value is -2.65. The zero-order valence-corrected chi connectivity index (χ0v) is 16.3. The second-order valence-electron chi connectivity index (χ2n) is 6.24. The summed E-state index contributed by atoms with van der Waals surface area (Å²) in [5.74, 6) is 0. The van der Waals surface area contributed by atoms with Gasteiger partial charge in [-0.3, -0.25) is 0 Å². The maximum absolute atomic E-state index is 12.9. The molecule has 0 heterocycles. The van der Waals surface area contributed by atoms with Crippen molar-refractivity contribution < 1.29 is 8.42 Å². The third-order valence-corrected chi connectivity index (χ3v) is 5.60. The van der Waals surface area contributed by atoms with Crippen LogP contribution in [0, 0.1) is 19.1 Å².